The lowest BCUT2D eigenvalue weighted by Crippen LogP contribution is -2.04. The molecule has 0 radical (unpaired) electrons. The molecule has 4 nitrogen and oxygen atoms in total. The molecule has 0 saturated heterocycles. The maximum Gasteiger partial charge on any atom is 0.152 e. The molecule has 122 valence electrons. The van der Waals surface area contributed by atoms with Gasteiger partial charge in [-0.1, -0.05) is 25.1 Å². The van der Waals surface area contributed by atoms with Crippen LogP contribution in [-0.4, -0.2) is 26.8 Å². The molecular weight excluding hydrogens is 304 g/mol. The van der Waals surface area contributed by atoms with Crippen LogP contribution in [0.15, 0.2) is 24.3 Å². The second-order valence-electron chi connectivity index (χ2n) is 5.86. The molecule has 2 aromatic heterocycles. The maximum absolute atomic E-state index is 6.19. The minimum atomic E-state index is 0.541. The van der Waals surface area contributed by atoms with Gasteiger partial charge in [-0.25, -0.2) is 4.98 Å². The van der Waals surface area contributed by atoms with Crippen molar-refractivity contribution < 1.29 is 0 Å². The quantitative estimate of drug-likeness (QED) is 0.658. The molecule has 0 aliphatic carbocycles. The van der Waals surface area contributed by atoms with Crippen LogP contribution in [0.1, 0.15) is 31.9 Å². The van der Waals surface area contributed by atoms with Crippen LogP contribution in [0.5, 0.6) is 0 Å². The van der Waals surface area contributed by atoms with Crippen molar-refractivity contribution in [2.45, 2.75) is 39.2 Å². The van der Waals surface area contributed by atoms with Gasteiger partial charge in [0.2, 0.25) is 0 Å². The average molecular weight is 328 g/mol. The SMILES string of the molecule is CCCn1nc2c(N)nc3ccccc3c2c1CCCCSC. The first-order valence-electron chi connectivity index (χ1n) is 8.28. The fourth-order valence-corrected chi connectivity index (χ4v) is 3.61. The highest BCUT2D eigenvalue weighted by atomic mass is 32.2. The second-order valence-corrected chi connectivity index (χ2v) is 6.84. The van der Waals surface area contributed by atoms with Gasteiger partial charge in [-0.05, 0) is 43.8 Å². The molecule has 0 spiro atoms. The molecule has 0 unspecified atom stereocenters. The summed E-state index contributed by atoms with van der Waals surface area (Å²) in [6.45, 7) is 3.11. The van der Waals surface area contributed by atoms with Crippen LogP contribution in [0.2, 0.25) is 0 Å². The summed E-state index contributed by atoms with van der Waals surface area (Å²) >= 11 is 1.91. The Morgan fingerprint density at radius 1 is 1.22 bits per heavy atom. The zero-order chi connectivity index (χ0) is 16.2. The molecule has 0 fully saturated rings. The molecular formula is C18H24N4S. The van der Waals surface area contributed by atoms with Crippen molar-refractivity contribution in [1.82, 2.24) is 14.8 Å². The first-order valence-corrected chi connectivity index (χ1v) is 9.68. The molecule has 2 heterocycles. The smallest absolute Gasteiger partial charge is 0.152 e. The van der Waals surface area contributed by atoms with Gasteiger partial charge in [0.05, 0.1) is 5.52 Å². The van der Waals surface area contributed by atoms with Crippen LogP contribution in [0, 0.1) is 0 Å². The lowest BCUT2D eigenvalue weighted by molar-refractivity contribution is 0.572. The largest absolute Gasteiger partial charge is 0.382 e. The average Bonchev–Trinajstić information content (AvgIpc) is 2.92. The van der Waals surface area contributed by atoms with Gasteiger partial charge < -0.3 is 5.73 Å². The summed E-state index contributed by atoms with van der Waals surface area (Å²) in [5.74, 6) is 1.75. The Balaban J connectivity index is 2.14. The van der Waals surface area contributed by atoms with Crippen molar-refractivity contribution in [3.8, 4) is 0 Å². The van der Waals surface area contributed by atoms with Gasteiger partial charge in [-0.15, -0.1) is 0 Å². The van der Waals surface area contributed by atoms with E-state index in [2.05, 4.69) is 35.0 Å². The minimum Gasteiger partial charge on any atom is -0.382 e. The monoisotopic (exact) mass is 328 g/mol. The van der Waals surface area contributed by atoms with E-state index in [9.17, 15) is 0 Å². The first-order chi connectivity index (χ1) is 11.3. The number of hydrogen-bond donors (Lipinski definition) is 1. The Morgan fingerprint density at radius 3 is 2.83 bits per heavy atom. The third-order valence-corrected chi connectivity index (χ3v) is 4.86. The molecule has 3 rings (SSSR count). The lowest BCUT2D eigenvalue weighted by Gasteiger charge is -2.07. The summed E-state index contributed by atoms with van der Waals surface area (Å²) in [6, 6.07) is 8.23. The van der Waals surface area contributed by atoms with Crippen molar-refractivity contribution >= 4 is 39.4 Å². The zero-order valence-corrected chi connectivity index (χ0v) is 14.7. The Hall–Kier alpha value is -1.75. The van der Waals surface area contributed by atoms with Gasteiger partial charge in [-0.3, -0.25) is 4.68 Å². The Labute approximate surface area is 141 Å². The van der Waals surface area contributed by atoms with E-state index in [1.807, 2.05) is 23.9 Å². The number of anilines is 1. The number of aryl methyl sites for hydroxylation is 2. The Kier molecular flexibility index (Phi) is 5.06. The van der Waals surface area contributed by atoms with Gasteiger partial charge in [0.25, 0.3) is 0 Å². The summed E-state index contributed by atoms with van der Waals surface area (Å²) < 4.78 is 2.15. The molecule has 3 aromatic rings. The highest BCUT2D eigenvalue weighted by molar-refractivity contribution is 7.98. The summed E-state index contributed by atoms with van der Waals surface area (Å²) in [7, 11) is 0. The molecule has 1 aromatic carbocycles. The van der Waals surface area contributed by atoms with E-state index in [0.29, 0.717) is 5.82 Å². The molecule has 23 heavy (non-hydrogen) atoms. The van der Waals surface area contributed by atoms with E-state index in [1.165, 1.54) is 35.1 Å². The van der Waals surface area contributed by atoms with E-state index >= 15 is 0 Å². The molecule has 0 aliphatic heterocycles. The van der Waals surface area contributed by atoms with Crippen LogP contribution in [0.4, 0.5) is 5.82 Å². The third kappa shape index (κ3) is 3.15. The third-order valence-electron chi connectivity index (χ3n) is 4.16. The molecule has 0 bridgehead atoms. The van der Waals surface area contributed by atoms with Crippen molar-refractivity contribution in [2.24, 2.45) is 0 Å². The number of aromatic nitrogens is 3. The number of benzene rings is 1. The van der Waals surface area contributed by atoms with Crippen LogP contribution >= 0.6 is 11.8 Å². The fraction of sp³-hybridized carbons (Fsp3) is 0.444. The number of unbranched alkanes of at least 4 members (excludes halogenated alkanes) is 1. The number of hydrogen-bond acceptors (Lipinski definition) is 4. The normalized spacial score (nSPS) is 11.6. The summed E-state index contributed by atoms with van der Waals surface area (Å²) in [6.07, 6.45) is 6.69. The second kappa shape index (κ2) is 7.21. The Bertz CT molecular complexity index is 809. The van der Waals surface area contributed by atoms with Gasteiger partial charge >= 0.3 is 0 Å². The fourth-order valence-electron chi connectivity index (χ4n) is 3.11. The van der Waals surface area contributed by atoms with Crippen LogP contribution in [-0.2, 0) is 13.0 Å². The topological polar surface area (TPSA) is 56.7 Å². The predicted molar refractivity (Wildman–Crippen MR) is 101 cm³/mol. The molecule has 0 saturated carbocycles. The number of para-hydroxylation sites is 1. The molecule has 0 atom stereocenters. The lowest BCUT2D eigenvalue weighted by atomic mass is 10.1. The molecule has 0 amide bonds. The number of nitrogen functional groups attached to an aromatic ring is 1. The van der Waals surface area contributed by atoms with E-state index < -0.39 is 0 Å². The van der Waals surface area contributed by atoms with Gasteiger partial charge in [0.15, 0.2) is 5.82 Å². The Morgan fingerprint density at radius 2 is 2.04 bits per heavy atom. The van der Waals surface area contributed by atoms with Crippen molar-refractivity contribution in [3.63, 3.8) is 0 Å². The van der Waals surface area contributed by atoms with Crippen LogP contribution < -0.4 is 5.73 Å². The highest BCUT2D eigenvalue weighted by Gasteiger charge is 2.17. The van der Waals surface area contributed by atoms with Gasteiger partial charge in [-0.2, -0.15) is 16.9 Å². The van der Waals surface area contributed by atoms with Crippen molar-refractivity contribution in [2.75, 3.05) is 17.7 Å². The number of fused-ring (bicyclic) bond motifs is 3. The minimum absolute atomic E-state index is 0.541. The molecule has 5 heteroatoms. The van der Waals surface area contributed by atoms with E-state index in [-0.39, 0.29) is 0 Å². The summed E-state index contributed by atoms with van der Waals surface area (Å²) in [5.41, 5.74) is 9.32. The van der Waals surface area contributed by atoms with Gasteiger partial charge in [0, 0.05) is 23.0 Å². The number of pyridine rings is 1. The van der Waals surface area contributed by atoms with Crippen molar-refractivity contribution in [1.29, 1.82) is 0 Å². The number of nitrogens with zero attached hydrogens (tertiary/aromatic N) is 3. The first kappa shape index (κ1) is 16.1. The zero-order valence-electron chi connectivity index (χ0n) is 13.9. The van der Waals surface area contributed by atoms with Crippen LogP contribution in [0.25, 0.3) is 21.8 Å². The van der Waals surface area contributed by atoms with Gasteiger partial charge in [0.1, 0.15) is 5.52 Å². The number of thioether (sulfide) groups is 1. The number of nitrogens with two attached hydrogens (primary N) is 1. The summed E-state index contributed by atoms with van der Waals surface area (Å²) in [4.78, 5) is 4.53. The molecule has 0 aliphatic rings. The summed E-state index contributed by atoms with van der Waals surface area (Å²) in [5, 5.41) is 7.14. The maximum atomic E-state index is 6.19. The van der Waals surface area contributed by atoms with E-state index in [1.54, 1.807) is 0 Å². The number of rotatable bonds is 7. The van der Waals surface area contributed by atoms with Crippen LogP contribution in [0.3, 0.4) is 0 Å². The molecule has 2 N–H and O–H groups in total. The van der Waals surface area contributed by atoms with E-state index in [4.69, 9.17) is 10.8 Å². The highest BCUT2D eigenvalue weighted by Crippen LogP contribution is 2.31. The van der Waals surface area contributed by atoms with E-state index in [0.717, 1.165) is 30.4 Å². The van der Waals surface area contributed by atoms with Crippen molar-refractivity contribution in [3.05, 3.63) is 30.0 Å². The standard InChI is InChI=1S/C18H24N4S/c1-3-11-22-15(10-6-7-12-23-2)16-13-8-4-5-9-14(13)20-18(19)17(16)21-22/h4-5,8-9H,3,6-7,10-12H2,1-2H3,(H2,19,20). The predicted octanol–water partition coefficient (Wildman–Crippen LogP) is 4.26.